The molecule has 10 nitrogen and oxygen atoms in total. The number of fused-ring (bicyclic) bond motifs is 1. The molecule has 0 saturated carbocycles. The molecule has 2 amide bonds. The van der Waals surface area contributed by atoms with Crippen molar-refractivity contribution in [2.45, 2.75) is 76.6 Å². The van der Waals surface area contributed by atoms with Crippen LogP contribution in [0.4, 0.5) is 0 Å². The smallest absolute Gasteiger partial charge is 0.251 e. The lowest BCUT2D eigenvalue weighted by molar-refractivity contribution is -0.139. The summed E-state index contributed by atoms with van der Waals surface area (Å²) in [6.07, 6.45) is 3.44. The first-order valence-corrected chi connectivity index (χ1v) is 13.5. The molecular weight excluding hydrogens is 472 g/mol. The first-order chi connectivity index (χ1) is 17.9. The molecular formula is C27H38N6O4. The second-order valence-corrected chi connectivity index (χ2v) is 10.5. The molecule has 37 heavy (non-hydrogen) atoms. The number of benzene rings is 1. The molecule has 5 atom stereocenters. The van der Waals surface area contributed by atoms with Gasteiger partial charge in [-0.1, -0.05) is 44.4 Å². The Morgan fingerprint density at radius 3 is 2.54 bits per heavy atom. The second-order valence-electron chi connectivity index (χ2n) is 10.5. The van der Waals surface area contributed by atoms with Crippen LogP contribution in [0.3, 0.4) is 0 Å². The van der Waals surface area contributed by atoms with Crippen LogP contribution in [0.15, 0.2) is 29.4 Å². The van der Waals surface area contributed by atoms with Gasteiger partial charge in [0.1, 0.15) is 18.7 Å². The van der Waals surface area contributed by atoms with E-state index < -0.39 is 24.2 Å². The first-order valence-electron chi connectivity index (χ1n) is 13.5. The van der Waals surface area contributed by atoms with Crippen LogP contribution in [0.1, 0.15) is 68.3 Å². The summed E-state index contributed by atoms with van der Waals surface area (Å²) in [4.78, 5) is 46.2. The first kappa shape index (κ1) is 27.1. The van der Waals surface area contributed by atoms with Crippen LogP contribution < -0.4 is 5.32 Å². The van der Waals surface area contributed by atoms with Crippen molar-refractivity contribution in [1.82, 2.24) is 15.1 Å². The fraction of sp³-hybridized carbons (Fsp3) is 0.667. The van der Waals surface area contributed by atoms with Crippen molar-refractivity contribution < 1.29 is 19.1 Å². The van der Waals surface area contributed by atoms with Crippen LogP contribution in [0, 0.1) is 5.92 Å². The number of hydrogen-bond donors (Lipinski definition) is 1. The number of hydrogen-bond acceptors (Lipinski definition) is 6. The second kappa shape index (κ2) is 12.1. The summed E-state index contributed by atoms with van der Waals surface area (Å²) in [5.74, 6) is -0.530. The van der Waals surface area contributed by atoms with Crippen LogP contribution >= 0.6 is 0 Å². The molecule has 0 bridgehead atoms. The molecule has 3 fully saturated rings. The molecule has 3 heterocycles. The molecule has 200 valence electrons. The van der Waals surface area contributed by atoms with Crippen LogP contribution in [-0.4, -0.2) is 84.4 Å². The minimum absolute atomic E-state index is 0.0958. The zero-order valence-corrected chi connectivity index (χ0v) is 22.0. The van der Waals surface area contributed by atoms with E-state index in [-0.39, 0.29) is 36.7 Å². The van der Waals surface area contributed by atoms with Crippen LogP contribution in [0.2, 0.25) is 0 Å². The number of nitrogens with zero attached hydrogens (tertiary/aromatic N) is 5. The SMILES string of the molecule is CCCN1CCC(c2ccc(C(=O)N[C@H](C(=O)N3C[C@H](N=[N+]=[N-])[C@H]4OCC(=O)[C@H]43)[C@@H](C)CC)cc2)CC1. The maximum atomic E-state index is 13.6. The average Bonchev–Trinajstić information content (AvgIpc) is 3.48. The molecule has 0 unspecified atom stereocenters. The van der Waals surface area contributed by atoms with Gasteiger partial charge in [0.15, 0.2) is 5.78 Å². The Kier molecular flexibility index (Phi) is 8.84. The van der Waals surface area contributed by atoms with Gasteiger partial charge in [0.25, 0.3) is 5.91 Å². The zero-order chi connectivity index (χ0) is 26.5. The Morgan fingerprint density at radius 1 is 1.22 bits per heavy atom. The zero-order valence-electron chi connectivity index (χ0n) is 22.0. The molecule has 1 aromatic carbocycles. The van der Waals surface area contributed by atoms with E-state index in [1.807, 2.05) is 38.1 Å². The number of nitrogens with one attached hydrogen (secondary N) is 1. The third kappa shape index (κ3) is 5.81. The number of ketones is 1. The molecule has 1 aromatic rings. The third-order valence-corrected chi connectivity index (χ3v) is 8.18. The number of Topliss-reactive ketones (excluding diaryl/α,β-unsaturated/α-hetero) is 1. The molecule has 0 aromatic heterocycles. The van der Waals surface area contributed by atoms with Gasteiger partial charge in [-0.15, -0.1) is 0 Å². The summed E-state index contributed by atoms with van der Waals surface area (Å²) in [5, 5.41) is 6.67. The Hall–Kier alpha value is -2.94. The van der Waals surface area contributed by atoms with Crippen LogP contribution in [0.25, 0.3) is 10.4 Å². The van der Waals surface area contributed by atoms with Crippen molar-refractivity contribution in [3.05, 3.63) is 45.8 Å². The number of azide groups is 1. The summed E-state index contributed by atoms with van der Waals surface area (Å²) in [7, 11) is 0. The Bertz CT molecular complexity index is 1030. The molecule has 3 aliphatic rings. The van der Waals surface area contributed by atoms with E-state index in [9.17, 15) is 14.4 Å². The molecule has 0 aliphatic carbocycles. The lowest BCUT2D eigenvalue weighted by Gasteiger charge is -2.32. The van der Waals surface area contributed by atoms with E-state index in [1.165, 1.54) is 16.9 Å². The number of carbonyl (C=O) groups is 3. The largest absolute Gasteiger partial charge is 0.367 e. The lowest BCUT2D eigenvalue weighted by Crippen LogP contribution is -2.54. The summed E-state index contributed by atoms with van der Waals surface area (Å²) >= 11 is 0. The van der Waals surface area contributed by atoms with Gasteiger partial charge < -0.3 is 19.9 Å². The highest BCUT2D eigenvalue weighted by atomic mass is 16.5. The van der Waals surface area contributed by atoms with Gasteiger partial charge in [0, 0.05) is 17.0 Å². The Morgan fingerprint density at radius 2 is 1.92 bits per heavy atom. The lowest BCUT2D eigenvalue weighted by atomic mass is 9.89. The predicted octanol–water partition coefficient (Wildman–Crippen LogP) is 3.28. The summed E-state index contributed by atoms with van der Waals surface area (Å²) in [6, 6.07) is 5.50. The van der Waals surface area contributed by atoms with Crippen molar-refractivity contribution in [2.24, 2.45) is 11.0 Å². The van der Waals surface area contributed by atoms with Gasteiger partial charge in [0.05, 0.1) is 12.1 Å². The normalized spacial score (nSPS) is 25.9. The maximum absolute atomic E-state index is 13.6. The maximum Gasteiger partial charge on any atom is 0.251 e. The van der Waals surface area contributed by atoms with Crippen molar-refractivity contribution >= 4 is 17.6 Å². The summed E-state index contributed by atoms with van der Waals surface area (Å²) in [6.45, 7) is 9.41. The molecule has 1 N–H and O–H groups in total. The van der Waals surface area contributed by atoms with Crippen molar-refractivity contribution in [2.75, 3.05) is 32.8 Å². The van der Waals surface area contributed by atoms with E-state index >= 15 is 0 Å². The minimum atomic E-state index is -0.807. The predicted molar refractivity (Wildman–Crippen MR) is 139 cm³/mol. The Labute approximate surface area is 218 Å². The number of rotatable bonds is 9. The number of likely N-dealkylation sites (tertiary alicyclic amines) is 2. The van der Waals surface area contributed by atoms with Gasteiger partial charge in [-0.05, 0) is 74.0 Å². The fourth-order valence-corrected chi connectivity index (χ4v) is 5.82. The van der Waals surface area contributed by atoms with Gasteiger partial charge >= 0.3 is 0 Å². The molecule has 3 saturated heterocycles. The summed E-state index contributed by atoms with van der Waals surface area (Å²) in [5.41, 5.74) is 10.7. The van der Waals surface area contributed by atoms with E-state index in [0.29, 0.717) is 17.9 Å². The molecule has 3 aliphatic heterocycles. The van der Waals surface area contributed by atoms with E-state index in [0.717, 1.165) is 32.5 Å². The number of carbonyl (C=O) groups excluding carboxylic acids is 3. The Balaban J connectivity index is 1.44. The number of ether oxygens (including phenoxy) is 1. The van der Waals surface area contributed by atoms with Crippen LogP contribution in [0.5, 0.6) is 0 Å². The summed E-state index contributed by atoms with van der Waals surface area (Å²) < 4.78 is 5.53. The fourth-order valence-electron chi connectivity index (χ4n) is 5.82. The van der Waals surface area contributed by atoms with Gasteiger partial charge in [-0.25, -0.2) is 0 Å². The highest BCUT2D eigenvalue weighted by Crippen LogP contribution is 2.31. The van der Waals surface area contributed by atoms with E-state index in [1.54, 1.807) is 0 Å². The molecule has 10 heteroatoms. The molecule has 4 rings (SSSR count). The van der Waals surface area contributed by atoms with E-state index in [2.05, 4.69) is 27.2 Å². The topological polar surface area (TPSA) is 128 Å². The van der Waals surface area contributed by atoms with Crippen molar-refractivity contribution in [1.29, 1.82) is 0 Å². The van der Waals surface area contributed by atoms with Gasteiger partial charge in [-0.2, -0.15) is 0 Å². The molecule has 0 radical (unpaired) electrons. The molecule has 0 spiro atoms. The van der Waals surface area contributed by atoms with Crippen LogP contribution in [-0.2, 0) is 14.3 Å². The van der Waals surface area contributed by atoms with E-state index in [4.69, 9.17) is 10.3 Å². The number of amides is 2. The number of piperidine rings is 1. The van der Waals surface area contributed by atoms with Crippen molar-refractivity contribution in [3.63, 3.8) is 0 Å². The monoisotopic (exact) mass is 510 g/mol. The average molecular weight is 511 g/mol. The highest BCUT2D eigenvalue weighted by molar-refractivity contribution is 5.99. The quantitative estimate of drug-likeness (QED) is 0.310. The van der Waals surface area contributed by atoms with Crippen molar-refractivity contribution in [3.8, 4) is 0 Å². The minimum Gasteiger partial charge on any atom is -0.367 e. The highest BCUT2D eigenvalue weighted by Gasteiger charge is 2.53. The third-order valence-electron chi connectivity index (χ3n) is 8.18. The van der Waals surface area contributed by atoms with Gasteiger partial charge in [-0.3, -0.25) is 14.4 Å². The standard InChI is InChI=1S/C27H38N6O4/c1-4-12-32-13-10-19(11-14-32)18-6-8-20(9-7-18)26(35)29-23(17(3)5-2)27(36)33-15-21(30-31-28)25-24(33)22(34)16-37-25/h6-9,17,19,21,23-25H,4-5,10-16H2,1-3H3,(H,29,35)/t17-,21-,23-,24+,25+/m0/s1. The van der Waals surface area contributed by atoms with Gasteiger partial charge in [0.2, 0.25) is 5.91 Å².